The topological polar surface area (TPSA) is 122 Å². The van der Waals surface area contributed by atoms with E-state index in [0.717, 1.165) is 16.9 Å². The highest BCUT2D eigenvalue weighted by molar-refractivity contribution is 7.22. The van der Waals surface area contributed by atoms with Gasteiger partial charge < -0.3 is 30.2 Å². The van der Waals surface area contributed by atoms with Crippen LogP contribution >= 0.6 is 11.3 Å². The van der Waals surface area contributed by atoms with Gasteiger partial charge in [-0.2, -0.15) is 0 Å². The Morgan fingerprint density at radius 2 is 2.00 bits per heavy atom. The first-order chi connectivity index (χ1) is 15.6. The van der Waals surface area contributed by atoms with Gasteiger partial charge >= 0.3 is 6.36 Å². The van der Waals surface area contributed by atoms with Crippen molar-refractivity contribution in [2.45, 2.75) is 12.5 Å². The van der Waals surface area contributed by atoms with Crippen molar-refractivity contribution in [3.63, 3.8) is 0 Å². The van der Waals surface area contributed by atoms with Gasteiger partial charge in [0.1, 0.15) is 5.75 Å². The number of halogens is 3. The van der Waals surface area contributed by atoms with Crippen LogP contribution in [0.3, 0.4) is 0 Å². The molecule has 1 amide bonds. The van der Waals surface area contributed by atoms with Crippen LogP contribution in [0.5, 0.6) is 5.75 Å². The zero-order valence-corrected chi connectivity index (χ0v) is 17.9. The number of aliphatic hydroxyl groups excluding tert-OH is 2. The Bertz CT molecular complexity index is 1320. The van der Waals surface area contributed by atoms with Gasteiger partial charge in [0.2, 0.25) is 5.95 Å². The van der Waals surface area contributed by atoms with Crippen LogP contribution in [0.25, 0.3) is 21.3 Å². The van der Waals surface area contributed by atoms with Gasteiger partial charge in [-0.3, -0.25) is 4.79 Å². The summed E-state index contributed by atoms with van der Waals surface area (Å²) >= 11 is 1.14. The molecule has 1 atom stereocenters. The average molecular weight is 481 g/mol. The number of aromatic nitrogens is 3. The number of benzene rings is 2. The van der Waals surface area contributed by atoms with Gasteiger partial charge in [0.15, 0.2) is 5.13 Å². The maximum Gasteiger partial charge on any atom is 0.573 e. The molecule has 13 heteroatoms. The fourth-order valence-electron chi connectivity index (χ4n) is 3.08. The summed E-state index contributed by atoms with van der Waals surface area (Å²) in [6.07, 6.45) is -5.82. The number of alkyl halides is 3. The van der Waals surface area contributed by atoms with Gasteiger partial charge in [-0.15, -0.1) is 13.2 Å². The molecule has 0 radical (unpaired) electrons. The summed E-state index contributed by atoms with van der Waals surface area (Å²) in [7, 11) is 1.76. The number of ether oxygens (including phenoxy) is 1. The van der Waals surface area contributed by atoms with Gasteiger partial charge in [-0.1, -0.05) is 11.3 Å². The highest BCUT2D eigenvalue weighted by Crippen LogP contribution is 2.33. The third-order valence-electron chi connectivity index (χ3n) is 4.66. The van der Waals surface area contributed by atoms with Crippen LogP contribution in [0, 0.1) is 0 Å². The van der Waals surface area contributed by atoms with E-state index in [2.05, 4.69) is 25.3 Å². The van der Waals surface area contributed by atoms with Gasteiger partial charge in [-0.05, 0) is 30.3 Å². The highest BCUT2D eigenvalue weighted by atomic mass is 32.1. The van der Waals surface area contributed by atoms with E-state index in [4.69, 9.17) is 5.11 Å². The Kier molecular flexibility index (Phi) is 6.10. The number of carbonyl (C=O) groups excluding carboxylic acids is 1. The summed E-state index contributed by atoms with van der Waals surface area (Å²) in [5.74, 6) is -0.332. The summed E-state index contributed by atoms with van der Waals surface area (Å²) in [6, 6.07) is 8.80. The minimum Gasteiger partial charge on any atom is -0.406 e. The SMILES string of the molecule is Cn1c(Nc2nc3ccc(OC(F)(F)F)cc3s2)nc2cc(C(=O)NC[C@H](O)CO)ccc21. The molecule has 33 heavy (non-hydrogen) atoms. The van der Waals surface area contributed by atoms with E-state index in [-0.39, 0.29) is 12.3 Å². The number of amides is 1. The average Bonchev–Trinajstić information content (AvgIpc) is 3.30. The monoisotopic (exact) mass is 481 g/mol. The molecule has 4 N–H and O–H groups in total. The van der Waals surface area contributed by atoms with E-state index >= 15 is 0 Å². The number of imidazole rings is 1. The number of hydrogen-bond donors (Lipinski definition) is 4. The molecule has 2 aromatic carbocycles. The molecular weight excluding hydrogens is 463 g/mol. The number of nitrogens with one attached hydrogen (secondary N) is 2. The van der Waals surface area contributed by atoms with Crippen molar-refractivity contribution < 1.29 is 32.9 Å². The third kappa shape index (κ3) is 5.16. The largest absolute Gasteiger partial charge is 0.573 e. The molecule has 2 heterocycles. The van der Waals surface area contributed by atoms with Crippen LogP contribution in [0.4, 0.5) is 24.3 Å². The van der Waals surface area contributed by atoms with Crippen molar-refractivity contribution in [2.75, 3.05) is 18.5 Å². The van der Waals surface area contributed by atoms with E-state index in [1.807, 2.05) is 0 Å². The number of thiazole rings is 1. The number of nitrogens with zero attached hydrogens (tertiary/aromatic N) is 3. The van der Waals surface area contributed by atoms with Crippen molar-refractivity contribution in [1.29, 1.82) is 0 Å². The summed E-state index contributed by atoms with van der Waals surface area (Å²) in [5, 5.41) is 24.2. The van der Waals surface area contributed by atoms with E-state index in [0.29, 0.717) is 32.4 Å². The van der Waals surface area contributed by atoms with E-state index in [9.17, 15) is 23.1 Å². The Labute approximate surface area is 188 Å². The summed E-state index contributed by atoms with van der Waals surface area (Å²) < 4.78 is 43.5. The second-order valence-electron chi connectivity index (χ2n) is 7.07. The second-order valence-corrected chi connectivity index (χ2v) is 8.10. The number of rotatable bonds is 7. The predicted octanol–water partition coefficient (Wildman–Crippen LogP) is 2.91. The maximum atomic E-state index is 12.4. The van der Waals surface area contributed by atoms with E-state index in [1.165, 1.54) is 18.2 Å². The number of anilines is 2. The lowest BCUT2D eigenvalue weighted by Crippen LogP contribution is -2.33. The Balaban J connectivity index is 1.55. The van der Waals surface area contributed by atoms with Crippen molar-refractivity contribution in [3.8, 4) is 5.75 Å². The van der Waals surface area contributed by atoms with Gasteiger partial charge in [0.05, 0.1) is 34.0 Å². The van der Waals surface area contributed by atoms with Crippen molar-refractivity contribution in [3.05, 3.63) is 42.0 Å². The molecule has 174 valence electrons. The molecule has 0 saturated carbocycles. The quantitative estimate of drug-likeness (QED) is 0.320. The predicted molar refractivity (Wildman–Crippen MR) is 116 cm³/mol. The van der Waals surface area contributed by atoms with Gasteiger partial charge in [0.25, 0.3) is 5.91 Å². The zero-order chi connectivity index (χ0) is 23.8. The first-order valence-corrected chi connectivity index (χ1v) is 10.4. The van der Waals surface area contributed by atoms with Gasteiger partial charge in [-0.25, -0.2) is 9.97 Å². The van der Waals surface area contributed by atoms with Crippen LogP contribution in [-0.4, -0.2) is 56.3 Å². The van der Waals surface area contributed by atoms with E-state index in [1.54, 1.807) is 29.8 Å². The number of fused-ring (bicyclic) bond motifs is 2. The number of carbonyl (C=O) groups is 1. The Morgan fingerprint density at radius 1 is 1.21 bits per heavy atom. The molecule has 4 rings (SSSR count). The fourth-order valence-corrected chi connectivity index (χ4v) is 3.97. The standard InChI is InChI=1S/C20H18F3N5O4S/c1-28-15-5-2-10(17(31)24-8-11(30)9-29)6-14(15)25-18(28)27-19-26-13-4-3-12(7-16(13)33-19)32-20(21,22)23/h2-7,11,29-30H,8-9H2,1H3,(H,24,31)(H,25,26,27)/t11-/m0/s1. The lowest BCUT2D eigenvalue weighted by atomic mass is 10.2. The second kappa shape index (κ2) is 8.84. The molecule has 0 saturated heterocycles. The molecule has 4 aromatic rings. The van der Waals surface area contributed by atoms with Gasteiger partial charge in [0, 0.05) is 25.2 Å². The third-order valence-corrected chi connectivity index (χ3v) is 5.60. The van der Waals surface area contributed by atoms with Crippen LogP contribution in [0.15, 0.2) is 36.4 Å². The molecule has 0 unspecified atom stereocenters. The molecular formula is C20H18F3N5O4S. The number of hydrogen-bond acceptors (Lipinski definition) is 8. The maximum absolute atomic E-state index is 12.4. The van der Waals surface area contributed by atoms with Crippen LogP contribution in [0.2, 0.25) is 0 Å². The van der Waals surface area contributed by atoms with Crippen molar-refractivity contribution >= 4 is 49.6 Å². The smallest absolute Gasteiger partial charge is 0.406 e. The number of aryl methyl sites for hydroxylation is 1. The first kappa shape index (κ1) is 22.8. The summed E-state index contributed by atoms with van der Waals surface area (Å²) in [4.78, 5) is 21.1. The molecule has 0 fully saturated rings. The molecule has 0 aliphatic carbocycles. The first-order valence-electron chi connectivity index (χ1n) is 9.60. The van der Waals surface area contributed by atoms with Crippen LogP contribution < -0.4 is 15.4 Å². The van der Waals surface area contributed by atoms with Crippen molar-refractivity contribution in [2.24, 2.45) is 7.05 Å². The molecule has 0 aliphatic rings. The minimum atomic E-state index is -4.78. The fraction of sp³-hybridized carbons (Fsp3) is 0.250. The molecule has 9 nitrogen and oxygen atoms in total. The molecule has 0 spiro atoms. The zero-order valence-electron chi connectivity index (χ0n) is 17.1. The summed E-state index contributed by atoms with van der Waals surface area (Å²) in [5.41, 5.74) is 2.08. The Hall–Kier alpha value is -3.42. The number of aliphatic hydroxyl groups is 2. The lowest BCUT2D eigenvalue weighted by molar-refractivity contribution is -0.274. The molecule has 2 aromatic heterocycles. The minimum absolute atomic E-state index is 0.0876. The highest BCUT2D eigenvalue weighted by Gasteiger charge is 2.31. The van der Waals surface area contributed by atoms with Crippen LogP contribution in [-0.2, 0) is 7.05 Å². The molecule has 0 aliphatic heterocycles. The summed E-state index contributed by atoms with van der Waals surface area (Å²) in [6.45, 7) is -0.549. The van der Waals surface area contributed by atoms with Crippen molar-refractivity contribution in [1.82, 2.24) is 19.9 Å². The normalized spacial score (nSPS) is 12.8. The van der Waals surface area contributed by atoms with Crippen LogP contribution in [0.1, 0.15) is 10.4 Å². The Morgan fingerprint density at radius 3 is 2.73 bits per heavy atom. The molecule has 0 bridgehead atoms. The van der Waals surface area contributed by atoms with E-state index < -0.39 is 25.0 Å². The lowest BCUT2D eigenvalue weighted by Gasteiger charge is -2.08.